The van der Waals surface area contributed by atoms with Crippen LogP contribution in [-0.4, -0.2) is 80.6 Å². The maximum Gasteiger partial charge on any atom is 0.362 e. The molecule has 0 aromatic carbocycles. The van der Waals surface area contributed by atoms with Gasteiger partial charge in [0.05, 0.1) is 34.4 Å². The van der Waals surface area contributed by atoms with Crippen LogP contribution >= 0.6 is 0 Å². The monoisotopic (exact) mass is 875 g/mol. The lowest BCUT2D eigenvalue weighted by Gasteiger charge is -2.31. The Kier molecular flexibility index (Phi) is 43.3. The molecule has 1 N–H and O–H groups in total. The molecule has 0 radical (unpaired) electrons. The molecule has 0 heterocycles. The first kappa shape index (κ1) is 59.5. The largest absolute Gasteiger partial charge is 0.477 e. The lowest BCUT2D eigenvalue weighted by molar-refractivity contribution is -0.887. The third kappa shape index (κ3) is 42.8. The highest BCUT2D eigenvalue weighted by Gasteiger charge is 2.31. The van der Waals surface area contributed by atoms with E-state index in [1.165, 1.54) is 135 Å². The third-order valence-corrected chi connectivity index (χ3v) is 11.8. The molecule has 2 atom stereocenters. The number of allylic oxidation sites excluding steroid dienone is 6. The summed E-state index contributed by atoms with van der Waals surface area (Å²) in [6, 6.07) is -0.616. The van der Waals surface area contributed by atoms with Crippen molar-refractivity contribution in [2.24, 2.45) is 0 Å². The maximum absolute atomic E-state index is 12.8. The molecule has 0 aliphatic heterocycles. The number of esters is 2. The van der Waals surface area contributed by atoms with Gasteiger partial charge in [0.2, 0.25) is 0 Å². The van der Waals surface area contributed by atoms with Gasteiger partial charge in [-0.2, -0.15) is 0 Å². The number of ether oxygens (including phenoxy) is 3. The van der Waals surface area contributed by atoms with Gasteiger partial charge in [-0.3, -0.25) is 9.59 Å². The van der Waals surface area contributed by atoms with Crippen molar-refractivity contribution in [3.8, 4) is 0 Å². The Morgan fingerprint density at radius 3 is 1.34 bits per heavy atom. The summed E-state index contributed by atoms with van der Waals surface area (Å²) in [5.41, 5.74) is 0. The number of carboxylic acids is 1. The summed E-state index contributed by atoms with van der Waals surface area (Å²) in [7, 11) is 5.54. The van der Waals surface area contributed by atoms with E-state index in [-0.39, 0.29) is 36.2 Å². The van der Waals surface area contributed by atoms with Crippen LogP contribution in [0.4, 0.5) is 0 Å². The number of carboxylic acid groups (broad SMARTS) is 1. The van der Waals surface area contributed by atoms with Crippen LogP contribution in [0, 0.1) is 0 Å². The van der Waals surface area contributed by atoms with Crippen molar-refractivity contribution >= 4 is 17.9 Å². The van der Waals surface area contributed by atoms with Crippen LogP contribution in [-0.2, 0) is 28.6 Å². The molecule has 0 spiro atoms. The number of quaternary nitrogens is 1. The Morgan fingerprint density at radius 1 is 0.500 bits per heavy atom. The summed E-state index contributed by atoms with van der Waals surface area (Å²) in [5, 5.41) is 9.65. The molecule has 0 fully saturated rings. The minimum Gasteiger partial charge on any atom is -0.477 e. The zero-order valence-corrected chi connectivity index (χ0v) is 41.3. The number of hydrogen-bond acceptors (Lipinski definition) is 6. The van der Waals surface area contributed by atoms with Gasteiger partial charge < -0.3 is 23.8 Å². The number of carbonyl (C=O) groups excluding carboxylic acids is 2. The number of rotatable bonds is 47. The third-order valence-electron chi connectivity index (χ3n) is 11.8. The second-order valence-corrected chi connectivity index (χ2v) is 18.8. The smallest absolute Gasteiger partial charge is 0.362 e. The molecule has 0 aromatic rings. The fourth-order valence-corrected chi connectivity index (χ4v) is 7.81. The van der Waals surface area contributed by atoms with Crippen LogP contribution in [0.5, 0.6) is 0 Å². The molecule has 0 amide bonds. The first-order chi connectivity index (χ1) is 30.1. The number of carbonyl (C=O) groups is 3. The molecular weight excluding hydrogens is 775 g/mol. The lowest BCUT2D eigenvalue weighted by atomic mass is 10.0. The lowest BCUT2D eigenvalue weighted by Crippen LogP contribution is -2.50. The summed E-state index contributed by atoms with van der Waals surface area (Å²) in [6.07, 6.45) is 53.4. The second-order valence-electron chi connectivity index (χ2n) is 18.8. The van der Waals surface area contributed by atoms with Crippen molar-refractivity contribution in [3.05, 3.63) is 36.5 Å². The number of nitrogens with zero attached hydrogens (tertiary/aromatic N) is 1. The first-order valence-electron chi connectivity index (χ1n) is 26.0. The Bertz CT molecular complexity index is 1110. The summed E-state index contributed by atoms with van der Waals surface area (Å²) < 4.78 is 17.4. The summed E-state index contributed by atoms with van der Waals surface area (Å²) in [5.74, 6) is -1.47. The fourth-order valence-electron chi connectivity index (χ4n) is 7.81. The SMILES string of the molecule is CC/C=C/C/C=C/C/C=C/CCCCCCCCC(=O)OC(COCCC(C(=O)O)[N+](C)(C)C)COC(=O)CCCCCCCCCCCCCCCCCCCCCCCC. The van der Waals surface area contributed by atoms with Crippen molar-refractivity contribution in [2.45, 2.75) is 251 Å². The Balaban J connectivity index is 4.19. The minimum atomic E-state index is -0.875. The normalized spacial score (nSPS) is 13.1. The van der Waals surface area contributed by atoms with Crippen molar-refractivity contribution < 1.29 is 38.2 Å². The van der Waals surface area contributed by atoms with Crippen molar-refractivity contribution in [1.29, 1.82) is 0 Å². The van der Waals surface area contributed by atoms with Gasteiger partial charge in [0, 0.05) is 19.3 Å². The number of aliphatic carboxylic acids is 1. The molecule has 0 bridgehead atoms. The van der Waals surface area contributed by atoms with Crippen LogP contribution in [0.2, 0.25) is 0 Å². The van der Waals surface area contributed by atoms with E-state index in [0.29, 0.717) is 19.3 Å². The zero-order valence-electron chi connectivity index (χ0n) is 41.3. The highest BCUT2D eigenvalue weighted by atomic mass is 16.6. The summed E-state index contributed by atoms with van der Waals surface area (Å²) >= 11 is 0. The minimum absolute atomic E-state index is 0.0530. The van der Waals surface area contributed by atoms with E-state index in [9.17, 15) is 19.5 Å². The van der Waals surface area contributed by atoms with Gasteiger partial charge in [0.25, 0.3) is 0 Å². The molecule has 8 nitrogen and oxygen atoms in total. The van der Waals surface area contributed by atoms with Gasteiger partial charge in [0.15, 0.2) is 12.1 Å². The molecule has 362 valence electrons. The summed E-state index contributed by atoms with van der Waals surface area (Å²) in [6.45, 7) is 4.65. The molecule has 8 heteroatoms. The van der Waals surface area contributed by atoms with Crippen molar-refractivity contribution in [2.75, 3.05) is 41.0 Å². The predicted molar refractivity (Wildman–Crippen MR) is 261 cm³/mol. The molecule has 0 saturated carbocycles. The average Bonchev–Trinajstić information content (AvgIpc) is 3.23. The topological polar surface area (TPSA) is 99.1 Å². The van der Waals surface area contributed by atoms with Gasteiger partial charge in [0.1, 0.15) is 6.61 Å². The summed E-state index contributed by atoms with van der Waals surface area (Å²) in [4.78, 5) is 37.1. The van der Waals surface area contributed by atoms with E-state index in [1.807, 2.05) is 21.1 Å². The van der Waals surface area contributed by atoms with Gasteiger partial charge in [-0.25, -0.2) is 4.79 Å². The van der Waals surface area contributed by atoms with E-state index in [2.05, 4.69) is 50.3 Å². The molecule has 62 heavy (non-hydrogen) atoms. The first-order valence-corrected chi connectivity index (χ1v) is 26.0. The Labute approximate surface area is 383 Å². The van der Waals surface area contributed by atoms with E-state index in [4.69, 9.17) is 14.2 Å². The van der Waals surface area contributed by atoms with Crippen molar-refractivity contribution in [3.63, 3.8) is 0 Å². The fraction of sp³-hybridized carbons (Fsp3) is 0.833. The van der Waals surface area contributed by atoms with Crippen LogP contribution in [0.1, 0.15) is 239 Å². The number of unbranched alkanes of at least 4 members (excludes halogenated alkanes) is 27. The number of likely N-dealkylation sites (N-methyl/N-ethyl adjacent to an activating group) is 1. The van der Waals surface area contributed by atoms with Crippen LogP contribution < -0.4 is 0 Å². The Hall–Kier alpha value is -2.45. The highest BCUT2D eigenvalue weighted by molar-refractivity contribution is 5.72. The highest BCUT2D eigenvalue weighted by Crippen LogP contribution is 2.17. The van der Waals surface area contributed by atoms with E-state index >= 15 is 0 Å². The molecule has 0 aromatic heterocycles. The molecule has 0 saturated heterocycles. The molecule has 0 aliphatic rings. The molecular formula is C54H100NO7+. The van der Waals surface area contributed by atoms with E-state index in [1.54, 1.807) is 0 Å². The Morgan fingerprint density at radius 2 is 0.903 bits per heavy atom. The second kappa shape index (κ2) is 45.1. The van der Waals surface area contributed by atoms with Crippen molar-refractivity contribution in [1.82, 2.24) is 0 Å². The molecule has 2 unspecified atom stereocenters. The van der Waals surface area contributed by atoms with Gasteiger partial charge in [-0.1, -0.05) is 211 Å². The zero-order chi connectivity index (χ0) is 45.6. The van der Waals surface area contributed by atoms with Crippen LogP contribution in [0.15, 0.2) is 36.5 Å². The van der Waals surface area contributed by atoms with Gasteiger partial charge in [-0.15, -0.1) is 0 Å². The van der Waals surface area contributed by atoms with Crippen LogP contribution in [0.3, 0.4) is 0 Å². The molecule has 0 rings (SSSR count). The van der Waals surface area contributed by atoms with Gasteiger partial charge >= 0.3 is 17.9 Å². The maximum atomic E-state index is 12.8. The van der Waals surface area contributed by atoms with Crippen LogP contribution in [0.25, 0.3) is 0 Å². The predicted octanol–water partition coefficient (Wildman–Crippen LogP) is 15.0. The average molecular weight is 875 g/mol. The van der Waals surface area contributed by atoms with E-state index in [0.717, 1.165) is 70.6 Å². The van der Waals surface area contributed by atoms with Gasteiger partial charge in [-0.05, 0) is 44.9 Å². The quantitative estimate of drug-likeness (QED) is 0.0281. The standard InChI is InChI=1S/C54H99NO7/c1-6-8-10-12-14-16-18-20-22-24-25-26-27-28-29-31-32-34-36-38-40-42-44-52(56)61-49-50(48-60-47-46-51(54(58)59)55(3,4)5)62-53(57)45-43-41-39-37-35-33-30-23-21-19-17-15-13-11-9-7-2/h9,11,15,17,21,23,50-51H,6-8,10,12-14,16,18-20,22,24-49H2,1-5H3/p+1/b11-9+,17-15+,23-21+. The molecule has 0 aliphatic carbocycles. The number of hydrogen-bond donors (Lipinski definition) is 1. The van der Waals surface area contributed by atoms with E-state index < -0.39 is 18.1 Å².